The van der Waals surface area contributed by atoms with Crippen molar-refractivity contribution in [1.29, 1.82) is 5.26 Å². The van der Waals surface area contributed by atoms with Gasteiger partial charge in [0.15, 0.2) is 0 Å². The van der Waals surface area contributed by atoms with E-state index in [9.17, 15) is 4.79 Å². The van der Waals surface area contributed by atoms with Gasteiger partial charge in [-0.05, 0) is 48.9 Å². The topological polar surface area (TPSA) is 72.8 Å². The largest absolute Gasteiger partial charge is 0.461 e. The highest BCUT2D eigenvalue weighted by atomic mass is 35.5. The van der Waals surface area contributed by atoms with Crippen molar-refractivity contribution in [3.05, 3.63) is 88.6 Å². The van der Waals surface area contributed by atoms with Gasteiger partial charge in [0, 0.05) is 28.7 Å². The molecule has 30 heavy (non-hydrogen) atoms. The standard InChI is InChI=1S/C23H19ClN4O2/c1-2-30-23(29)22-10-18-9-19(24)7-8-21(18)28(22)14-20-12-26-15-27(20)13-17-5-3-16(11-25)4-6-17/h3-10,12,15H,2,13-14H2,1H3. The number of imidazole rings is 1. The molecule has 2 aromatic heterocycles. The number of carbonyl (C=O) groups is 1. The van der Waals surface area contributed by atoms with Crippen molar-refractivity contribution in [3.63, 3.8) is 0 Å². The van der Waals surface area contributed by atoms with Crippen LogP contribution in [0.4, 0.5) is 0 Å². The van der Waals surface area contributed by atoms with Crippen molar-refractivity contribution in [2.75, 3.05) is 6.61 Å². The molecule has 0 aliphatic rings. The number of nitriles is 1. The lowest BCUT2D eigenvalue weighted by Crippen LogP contribution is -2.15. The van der Waals surface area contributed by atoms with Crippen molar-refractivity contribution in [2.45, 2.75) is 20.0 Å². The van der Waals surface area contributed by atoms with Crippen LogP contribution in [0, 0.1) is 11.3 Å². The number of hydrogen-bond acceptors (Lipinski definition) is 4. The van der Waals surface area contributed by atoms with E-state index < -0.39 is 0 Å². The first-order chi connectivity index (χ1) is 14.6. The van der Waals surface area contributed by atoms with E-state index >= 15 is 0 Å². The van der Waals surface area contributed by atoms with Gasteiger partial charge in [-0.1, -0.05) is 23.7 Å². The number of aromatic nitrogens is 3. The Morgan fingerprint density at radius 2 is 1.97 bits per heavy atom. The molecule has 2 heterocycles. The zero-order valence-electron chi connectivity index (χ0n) is 16.4. The van der Waals surface area contributed by atoms with Gasteiger partial charge in [0.05, 0.1) is 36.8 Å². The average Bonchev–Trinajstić information content (AvgIpc) is 3.33. The van der Waals surface area contributed by atoms with Crippen LogP contribution in [0.3, 0.4) is 0 Å². The minimum atomic E-state index is -0.372. The lowest BCUT2D eigenvalue weighted by Gasteiger charge is -2.13. The second-order valence-corrected chi connectivity index (χ2v) is 7.30. The Morgan fingerprint density at radius 1 is 1.17 bits per heavy atom. The van der Waals surface area contributed by atoms with Gasteiger partial charge in [0.1, 0.15) is 5.69 Å². The predicted octanol–water partition coefficient (Wildman–Crippen LogP) is 4.64. The molecule has 4 rings (SSSR count). The molecule has 0 aliphatic carbocycles. The number of fused-ring (bicyclic) bond motifs is 1. The zero-order chi connectivity index (χ0) is 21.1. The van der Waals surface area contributed by atoms with Gasteiger partial charge < -0.3 is 13.9 Å². The average molecular weight is 419 g/mol. The molecule has 0 saturated carbocycles. The highest BCUT2D eigenvalue weighted by molar-refractivity contribution is 6.31. The fourth-order valence-electron chi connectivity index (χ4n) is 3.45. The van der Waals surface area contributed by atoms with Crippen LogP contribution < -0.4 is 0 Å². The first-order valence-electron chi connectivity index (χ1n) is 9.53. The summed E-state index contributed by atoms with van der Waals surface area (Å²) in [6, 6.07) is 16.9. The van der Waals surface area contributed by atoms with E-state index in [1.54, 1.807) is 37.6 Å². The molecular formula is C23H19ClN4O2. The third-order valence-corrected chi connectivity index (χ3v) is 5.14. The summed E-state index contributed by atoms with van der Waals surface area (Å²) in [6.45, 7) is 3.16. The quantitative estimate of drug-likeness (QED) is 0.428. The first kappa shape index (κ1) is 19.7. The molecule has 0 atom stereocenters. The maximum absolute atomic E-state index is 12.6. The van der Waals surface area contributed by atoms with Crippen LogP contribution >= 0.6 is 11.6 Å². The van der Waals surface area contributed by atoms with Gasteiger partial charge in [0.2, 0.25) is 0 Å². The number of ether oxygens (including phenoxy) is 1. The molecule has 0 unspecified atom stereocenters. The summed E-state index contributed by atoms with van der Waals surface area (Å²) in [4.78, 5) is 16.9. The van der Waals surface area contributed by atoms with Crippen LogP contribution in [0.15, 0.2) is 61.1 Å². The van der Waals surface area contributed by atoms with E-state index in [4.69, 9.17) is 21.6 Å². The third kappa shape index (κ3) is 3.93. The summed E-state index contributed by atoms with van der Waals surface area (Å²) in [5.41, 5.74) is 4.00. The number of carbonyl (C=O) groups excluding carboxylic acids is 1. The van der Waals surface area contributed by atoms with E-state index in [-0.39, 0.29) is 5.97 Å². The van der Waals surface area contributed by atoms with Crippen LogP contribution in [0.25, 0.3) is 10.9 Å². The number of esters is 1. The maximum atomic E-state index is 12.6. The predicted molar refractivity (Wildman–Crippen MR) is 114 cm³/mol. The molecular weight excluding hydrogens is 400 g/mol. The summed E-state index contributed by atoms with van der Waals surface area (Å²) < 4.78 is 9.21. The zero-order valence-corrected chi connectivity index (χ0v) is 17.1. The van der Waals surface area contributed by atoms with E-state index in [2.05, 4.69) is 11.1 Å². The number of halogens is 1. The molecule has 0 aliphatic heterocycles. The molecule has 6 nitrogen and oxygen atoms in total. The normalized spacial score (nSPS) is 10.8. The Labute approximate surface area is 178 Å². The summed E-state index contributed by atoms with van der Waals surface area (Å²) in [7, 11) is 0. The fraction of sp³-hybridized carbons (Fsp3) is 0.174. The maximum Gasteiger partial charge on any atom is 0.354 e. The Bertz CT molecular complexity index is 1250. The van der Waals surface area contributed by atoms with Crippen LogP contribution in [-0.2, 0) is 17.8 Å². The molecule has 150 valence electrons. The van der Waals surface area contributed by atoms with Crippen LogP contribution in [0.1, 0.15) is 34.2 Å². The highest BCUT2D eigenvalue weighted by Gasteiger charge is 2.18. The Kier molecular flexibility index (Phi) is 5.55. The summed E-state index contributed by atoms with van der Waals surface area (Å²) in [6.07, 6.45) is 3.56. The van der Waals surface area contributed by atoms with Gasteiger partial charge >= 0.3 is 5.97 Å². The smallest absolute Gasteiger partial charge is 0.354 e. The molecule has 4 aromatic rings. The molecule has 0 fully saturated rings. The van der Waals surface area contributed by atoms with Crippen molar-refractivity contribution in [1.82, 2.24) is 14.1 Å². The SMILES string of the molecule is CCOC(=O)c1cc2cc(Cl)ccc2n1Cc1cncn1Cc1ccc(C#N)cc1. The molecule has 0 amide bonds. The van der Waals surface area contributed by atoms with Gasteiger partial charge in [-0.2, -0.15) is 5.26 Å². The fourth-order valence-corrected chi connectivity index (χ4v) is 3.63. The van der Waals surface area contributed by atoms with Crippen LogP contribution in [0.2, 0.25) is 5.02 Å². The van der Waals surface area contributed by atoms with Crippen molar-refractivity contribution < 1.29 is 9.53 Å². The van der Waals surface area contributed by atoms with Crippen molar-refractivity contribution >= 4 is 28.5 Å². The molecule has 0 saturated heterocycles. The second kappa shape index (κ2) is 8.44. The Morgan fingerprint density at radius 3 is 2.70 bits per heavy atom. The molecule has 0 bridgehead atoms. The molecule has 2 aromatic carbocycles. The number of benzene rings is 2. The number of nitrogens with zero attached hydrogens (tertiary/aromatic N) is 4. The molecule has 0 N–H and O–H groups in total. The van der Waals surface area contributed by atoms with E-state index in [1.165, 1.54) is 0 Å². The van der Waals surface area contributed by atoms with E-state index in [0.29, 0.717) is 36.0 Å². The van der Waals surface area contributed by atoms with E-state index in [1.807, 2.05) is 39.5 Å². The molecule has 0 spiro atoms. The number of hydrogen-bond donors (Lipinski definition) is 0. The first-order valence-corrected chi connectivity index (χ1v) is 9.90. The monoisotopic (exact) mass is 418 g/mol. The van der Waals surface area contributed by atoms with Crippen molar-refractivity contribution in [2.24, 2.45) is 0 Å². The lowest BCUT2D eigenvalue weighted by atomic mass is 10.1. The minimum Gasteiger partial charge on any atom is -0.461 e. The van der Waals surface area contributed by atoms with Crippen LogP contribution in [0.5, 0.6) is 0 Å². The highest BCUT2D eigenvalue weighted by Crippen LogP contribution is 2.25. The summed E-state index contributed by atoms with van der Waals surface area (Å²) >= 11 is 6.14. The Hall–Kier alpha value is -3.56. The summed E-state index contributed by atoms with van der Waals surface area (Å²) in [5.74, 6) is -0.372. The molecule has 0 radical (unpaired) electrons. The Balaban J connectivity index is 1.69. The summed E-state index contributed by atoms with van der Waals surface area (Å²) in [5, 5.41) is 10.5. The lowest BCUT2D eigenvalue weighted by molar-refractivity contribution is 0.0515. The van der Waals surface area contributed by atoms with Gasteiger partial charge in [0.25, 0.3) is 0 Å². The van der Waals surface area contributed by atoms with Crippen molar-refractivity contribution in [3.8, 4) is 6.07 Å². The number of rotatable bonds is 6. The van der Waals surface area contributed by atoms with Gasteiger partial charge in [-0.3, -0.25) is 0 Å². The van der Waals surface area contributed by atoms with Crippen LogP contribution in [-0.4, -0.2) is 26.7 Å². The second-order valence-electron chi connectivity index (χ2n) is 6.86. The minimum absolute atomic E-state index is 0.303. The third-order valence-electron chi connectivity index (χ3n) is 4.90. The van der Waals surface area contributed by atoms with Gasteiger partial charge in [-0.25, -0.2) is 9.78 Å². The molecule has 7 heteroatoms. The van der Waals surface area contributed by atoms with Gasteiger partial charge in [-0.15, -0.1) is 0 Å². The van der Waals surface area contributed by atoms with E-state index in [0.717, 1.165) is 22.2 Å².